The van der Waals surface area contributed by atoms with E-state index in [-0.39, 0.29) is 11.4 Å². The van der Waals surface area contributed by atoms with Crippen molar-refractivity contribution in [3.63, 3.8) is 0 Å². The molecule has 0 aliphatic heterocycles. The molecule has 1 aromatic carbocycles. The monoisotopic (exact) mass is 213 g/mol. The van der Waals surface area contributed by atoms with E-state index in [1.807, 2.05) is 6.07 Å². The van der Waals surface area contributed by atoms with E-state index >= 15 is 0 Å². The maximum atomic E-state index is 13.5. The molecule has 74 valence electrons. The van der Waals surface area contributed by atoms with Crippen molar-refractivity contribution in [2.75, 3.05) is 7.11 Å². The Bertz CT molecular complexity index is 373. The highest BCUT2D eigenvalue weighted by atomic mass is 35.5. The van der Waals surface area contributed by atoms with Crippen molar-refractivity contribution in [3.05, 3.63) is 28.5 Å². The van der Waals surface area contributed by atoms with E-state index in [4.69, 9.17) is 21.6 Å². The second kappa shape index (κ2) is 4.83. The molecule has 4 heteroatoms. The van der Waals surface area contributed by atoms with Crippen LogP contribution >= 0.6 is 11.6 Å². The molecular weight excluding hydrogens is 205 g/mol. The van der Waals surface area contributed by atoms with Gasteiger partial charge in [-0.3, -0.25) is 0 Å². The first-order chi connectivity index (χ1) is 6.70. The van der Waals surface area contributed by atoms with Crippen LogP contribution < -0.4 is 4.74 Å². The minimum Gasteiger partial charge on any atom is -0.496 e. The van der Waals surface area contributed by atoms with Crippen LogP contribution in [0.15, 0.2) is 12.1 Å². The van der Waals surface area contributed by atoms with Crippen LogP contribution in [0, 0.1) is 17.1 Å². The highest BCUT2D eigenvalue weighted by molar-refractivity contribution is 6.30. The number of nitriles is 1. The van der Waals surface area contributed by atoms with Gasteiger partial charge in [-0.05, 0) is 18.6 Å². The predicted octanol–water partition coefficient (Wildman–Crippen LogP) is 2.94. The Balaban J connectivity index is 3.09. The van der Waals surface area contributed by atoms with E-state index in [0.717, 1.165) is 0 Å². The van der Waals surface area contributed by atoms with E-state index < -0.39 is 5.82 Å². The van der Waals surface area contributed by atoms with E-state index in [9.17, 15) is 4.39 Å². The Labute approximate surface area is 86.9 Å². The summed E-state index contributed by atoms with van der Waals surface area (Å²) in [4.78, 5) is 0. The van der Waals surface area contributed by atoms with Gasteiger partial charge >= 0.3 is 0 Å². The van der Waals surface area contributed by atoms with Gasteiger partial charge < -0.3 is 4.74 Å². The number of hydrogen-bond acceptors (Lipinski definition) is 2. The first kappa shape index (κ1) is 10.8. The second-order valence-corrected chi connectivity index (χ2v) is 3.11. The highest BCUT2D eigenvalue weighted by Crippen LogP contribution is 2.28. The van der Waals surface area contributed by atoms with Crippen LogP contribution in [-0.2, 0) is 6.42 Å². The minimum absolute atomic E-state index is 0.0544. The molecule has 1 aromatic rings. The maximum Gasteiger partial charge on any atom is 0.148 e. The SMILES string of the molecule is COc1ccc(Cl)c(F)c1CCC#N. The maximum absolute atomic E-state index is 13.5. The van der Waals surface area contributed by atoms with Gasteiger partial charge in [0, 0.05) is 12.0 Å². The number of benzene rings is 1. The number of ether oxygens (including phenoxy) is 1. The smallest absolute Gasteiger partial charge is 0.148 e. The Morgan fingerprint density at radius 3 is 2.86 bits per heavy atom. The van der Waals surface area contributed by atoms with Gasteiger partial charge in [-0.25, -0.2) is 4.39 Å². The molecule has 0 saturated heterocycles. The lowest BCUT2D eigenvalue weighted by Gasteiger charge is -2.08. The summed E-state index contributed by atoms with van der Waals surface area (Å²) in [6, 6.07) is 4.98. The van der Waals surface area contributed by atoms with Crippen LogP contribution in [-0.4, -0.2) is 7.11 Å². The Hall–Kier alpha value is -1.27. The third-order valence-electron chi connectivity index (χ3n) is 1.86. The number of hydrogen-bond donors (Lipinski definition) is 0. The van der Waals surface area contributed by atoms with Crippen molar-refractivity contribution in [1.82, 2.24) is 0 Å². The molecule has 0 amide bonds. The molecule has 0 bridgehead atoms. The summed E-state index contributed by atoms with van der Waals surface area (Å²) in [7, 11) is 1.46. The average molecular weight is 214 g/mol. The summed E-state index contributed by atoms with van der Waals surface area (Å²) in [5, 5.41) is 8.46. The zero-order valence-electron chi connectivity index (χ0n) is 7.68. The lowest BCUT2D eigenvalue weighted by Crippen LogP contribution is -1.96. The van der Waals surface area contributed by atoms with E-state index in [2.05, 4.69) is 0 Å². The molecule has 1 rings (SSSR count). The van der Waals surface area contributed by atoms with Crippen LogP contribution in [0.1, 0.15) is 12.0 Å². The van der Waals surface area contributed by atoms with Gasteiger partial charge in [0.15, 0.2) is 0 Å². The summed E-state index contributed by atoms with van der Waals surface area (Å²) < 4.78 is 18.4. The summed E-state index contributed by atoms with van der Waals surface area (Å²) >= 11 is 5.61. The highest BCUT2D eigenvalue weighted by Gasteiger charge is 2.12. The topological polar surface area (TPSA) is 33.0 Å². The average Bonchev–Trinajstić information content (AvgIpc) is 2.20. The predicted molar refractivity (Wildman–Crippen MR) is 51.9 cm³/mol. The molecular formula is C10H9ClFNO. The first-order valence-corrected chi connectivity index (χ1v) is 4.46. The van der Waals surface area contributed by atoms with Crippen LogP contribution in [0.25, 0.3) is 0 Å². The van der Waals surface area contributed by atoms with Crippen molar-refractivity contribution in [1.29, 1.82) is 5.26 Å². The van der Waals surface area contributed by atoms with Gasteiger partial charge in [0.1, 0.15) is 11.6 Å². The molecule has 14 heavy (non-hydrogen) atoms. The Morgan fingerprint density at radius 1 is 1.57 bits per heavy atom. The van der Waals surface area contributed by atoms with Crippen LogP contribution in [0.2, 0.25) is 5.02 Å². The lowest BCUT2D eigenvalue weighted by atomic mass is 10.1. The second-order valence-electron chi connectivity index (χ2n) is 2.70. The molecule has 0 heterocycles. The fourth-order valence-electron chi connectivity index (χ4n) is 1.18. The molecule has 0 N–H and O–H groups in total. The third-order valence-corrected chi connectivity index (χ3v) is 2.15. The van der Waals surface area contributed by atoms with Gasteiger partial charge in [0.2, 0.25) is 0 Å². The fourth-order valence-corrected chi connectivity index (χ4v) is 1.36. The Kier molecular flexibility index (Phi) is 3.73. The van der Waals surface area contributed by atoms with Crippen molar-refractivity contribution >= 4 is 11.6 Å². The largest absolute Gasteiger partial charge is 0.496 e. The van der Waals surface area contributed by atoms with Crippen LogP contribution in [0.4, 0.5) is 4.39 Å². The molecule has 0 spiro atoms. The van der Waals surface area contributed by atoms with Gasteiger partial charge in [0.25, 0.3) is 0 Å². The minimum atomic E-state index is -0.499. The lowest BCUT2D eigenvalue weighted by molar-refractivity contribution is 0.404. The molecule has 0 aromatic heterocycles. The summed E-state index contributed by atoms with van der Waals surface area (Å²) in [6.07, 6.45) is 0.555. The summed E-state index contributed by atoms with van der Waals surface area (Å²) in [5.41, 5.74) is 0.363. The van der Waals surface area contributed by atoms with Crippen LogP contribution in [0.3, 0.4) is 0 Å². The van der Waals surface area contributed by atoms with Gasteiger partial charge in [-0.2, -0.15) is 5.26 Å². The zero-order valence-corrected chi connectivity index (χ0v) is 8.44. The molecule has 0 radical (unpaired) electrons. The van der Waals surface area contributed by atoms with E-state index in [0.29, 0.717) is 17.7 Å². The molecule has 0 unspecified atom stereocenters. The number of nitrogens with zero attached hydrogens (tertiary/aromatic N) is 1. The molecule has 0 saturated carbocycles. The first-order valence-electron chi connectivity index (χ1n) is 4.08. The fraction of sp³-hybridized carbons (Fsp3) is 0.300. The normalized spacial score (nSPS) is 9.57. The summed E-state index contributed by atoms with van der Waals surface area (Å²) in [6.45, 7) is 0. The Morgan fingerprint density at radius 2 is 2.29 bits per heavy atom. The number of rotatable bonds is 3. The number of methoxy groups -OCH3 is 1. The third kappa shape index (κ3) is 2.15. The van der Waals surface area contributed by atoms with E-state index in [1.165, 1.54) is 13.2 Å². The molecule has 0 atom stereocenters. The van der Waals surface area contributed by atoms with Crippen molar-refractivity contribution < 1.29 is 9.13 Å². The number of halogens is 2. The van der Waals surface area contributed by atoms with Crippen molar-refractivity contribution in [2.45, 2.75) is 12.8 Å². The van der Waals surface area contributed by atoms with Crippen molar-refractivity contribution in [2.24, 2.45) is 0 Å². The zero-order chi connectivity index (χ0) is 10.6. The van der Waals surface area contributed by atoms with Crippen LogP contribution in [0.5, 0.6) is 5.75 Å². The van der Waals surface area contributed by atoms with Crippen molar-refractivity contribution in [3.8, 4) is 11.8 Å². The van der Waals surface area contributed by atoms with E-state index in [1.54, 1.807) is 6.07 Å². The summed E-state index contributed by atoms with van der Waals surface area (Å²) in [5.74, 6) is -0.0663. The van der Waals surface area contributed by atoms with Gasteiger partial charge in [-0.1, -0.05) is 11.6 Å². The molecule has 0 aliphatic carbocycles. The van der Waals surface area contributed by atoms with Gasteiger partial charge in [-0.15, -0.1) is 0 Å². The van der Waals surface area contributed by atoms with Gasteiger partial charge in [0.05, 0.1) is 18.2 Å². The molecule has 0 fully saturated rings. The quantitative estimate of drug-likeness (QED) is 0.774. The molecule has 2 nitrogen and oxygen atoms in total. The standard InChI is InChI=1S/C10H9ClFNO/c1-14-9-5-4-8(11)10(12)7(9)3-2-6-13/h4-5H,2-3H2,1H3. The molecule has 0 aliphatic rings.